The van der Waals surface area contributed by atoms with Crippen molar-refractivity contribution in [1.82, 2.24) is 4.98 Å². The molecular formula is C18H17N3O3S2. The van der Waals surface area contributed by atoms with Gasteiger partial charge in [0, 0.05) is 17.5 Å². The zero-order chi connectivity index (χ0) is 18.6. The molecule has 2 aromatic carbocycles. The molecule has 0 saturated heterocycles. The van der Waals surface area contributed by atoms with Crippen LogP contribution < -0.4 is 10.5 Å². The third-order valence-corrected chi connectivity index (χ3v) is 5.49. The Morgan fingerprint density at radius 2 is 1.85 bits per heavy atom. The minimum atomic E-state index is -3.82. The minimum absolute atomic E-state index is 0.0582. The first kappa shape index (κ1) is 18.2. The number of aromatic nitrogens is 1. The van der Waals surface area contributed by atoms with Crippen molar-refractivity contribution in [3.63, 3.8) is 0 Å². The average Bonchev–Trinajstić information content (AvgIpc) is 3.10. The van der Waals surface area contributed by atoms with Crippen LogP contribution in [0.3, 0.4) is 0 Å². The second-order valence-electron chi connectivity index (χ2n) is 5.64. The van der Waals surface area contributed by atoms with E-state index in [1.807, 2.05) is 18.2 Å². The van der Waals surface area contributed by atoms with E-state index < -0.39 is 15.9 Å². The number of rotatable bonds is 6. The lowest BCUT2D eigenvalue weighted by molar-refractivity contribution is 0.102. The van der Waals surface area contributed by atoms with E-state index in [1.165, 1.54) is 35.1 Å². The summed E-state index contributed by atoms with van der Waals surface area (Å²) >= 11 is 1.43. The van der Waals surface area contributed by atoms with Crippen LogP contribution in [-0.4, -0.2) is 19.3 Å². The number of aryl methyl sites for hydroxylation is 2. The van der Waals surface area contributed by atoms with Gasteiger partial charge in [-0.2, -0.15) is 0 Å². The van der Waals surface area contributed by atoms with Crippen LogP contribution in [0.15, 0.2) is 64.9 Å². The number of carbonyl (C=O) groups excluding carboxylic acids is 1. The number of sulfonamides is 1. The molecule has 26 heavy (non-hydrogen) atoms. The lowest BCUT2D eigenvalue weighted by atomic mass is 10.1. The summed E-state index contributed by atoms with van der Waals surface area (Å²) in [5, 5.41) is 10.3. The highest BCUT2D eigenvalue weighted by molar-refractivity contribution is 7.89. The number of thiazole rings is 1. The molecule has 0 spiro atoms. The number of nitrogens with zero attached hydrogens (tertiary/aromatic N) is 1. The van der Waals surface area contributed by atoms with E-state index in [0.29, 0.717) is 11.4 Å². The fraction of sp³-hybridized carbons (Fsp3) is 0.111. The number of anilines is 1. The fourth-order valence-corrected chi connectivity index (χ4v) is 3.71. The van der Waals surface area contributed by atoms with Crippen LogP contribution in [0, 0.1) is 0 Å². The highest BCUT2D eigenvalue weighted by atomic mass is 32.2. The van der Waals surface area contributed by atoms with E-state index in [4.69, 9.17) is 5.14 Å². The van der Waals surface area contributed by atoms with Crippen LogP contribution in [0.5, 0.6) is 0 Å². The number of nitrogens with one attached hydrogen (secondary N) is 1. The highest BCUT2D eigenvalue weighted by Gasteiger charge is 2.13. The second-order valence-corrected chi connectivity index (χ2v) is 8.14. The summed E-state index contributed by atoms with van der Waals surface area (Å²) < 4.78 is 22.8. The lowest BCUT2D eigenvalue weighted by Gasteiger charge is -2.05. The first-order valence-corrected chi connectivity index (χ1v) is 10.3. The summed E-state index contributed by atoms with van der Waals surface area (Å²) in [5.41, 5.74) is 1.87. The predicted octanol–water partition coefficient (Wildman–Crippen LogP) is 2.83. The van der Waals surface area contributed by atoms with E-state index in [0.717, 1.165) is 17.8 Å². The maximum atomic E-state index is 12.3. The molecule has 3 rings (SSSR count). The summed E-state index contributed by atoms with van der Waals surface area (Å²) in [6.45, 7) is 0. The Labute approximate surface area is 155 Å². The van der Waals surface area contributed by atoms with Gasteiger partial charge in [-0.05, 0) is 30.2 Å². The second kappa shape index (κ2) is 7.77. The molecule has 6 nitrogen and oxygen atoms in total. The molecule has 0 fully saturated rings. The average molecular weight is 387 g/mol. The monoisotopic (exact) mass is 387 g/mol. The Kier molecular flexibility index (Phi) is 5.46. The third-order valence-electron chi connectivity index (χ3n) is 3.68. The number of amides is 1. The molecule has 3 aromatic rings. The Morgan fingerprint density at radius 1 is 1.08 bits per heavy atom. The molecular weight excluding hydrogens is 370 g/mol. The normalized spacial score (nSPS) is 11.3. The maximum Gasteiger partial charge on any atom is 0.275 e. The molecule has 0 saturated carbocycles. The molecule has 0 atom stereocenters. The van der Waals surface area contributed by atoms with Gasteiger partial charge in [-0.1, -0.05) is 36.4 Å². The number of hydrogen-bond acceptors (Lipinski definition) is 5. The van der Waals surface area contributed by atoms with Gasteiger partial charge in [-0.25, -0.2) is 18.5 Å². The van der Waals surface area contributed by atoms with Gasteiger partial charge < -0.3 is 5.32 Å². The van der Waals surface area contributed by atoms with Gasteiger partial charge in [0.2, 0.25) is 10.0 Å². The van der Waals surface area contributed by atoms with Gasteiger partial charge in [-0.15, -0.1) is 11.3 Å². The Morgan fingerprint density at radius 3 is 2.58 bits per heavy atom. The van der Waals surface area contributed by atoms with Gasteiger partial charge in [0.05, 0.1) is 9.90 Å². The van der Waals surface area contributed by atoms with Crippen LogP contribution in [0.4, 0.5) is 5.69 Å². The zero-order valence-corrected chi connectivity index (χ0v) is 15.4. The highest BCUT2D eigenvalue weighted by Crippen LogP contribution is 2.17. The molecule has 0 aliphatic rings. The molecule has 0 bridgehead atoms. The molecule has 134 valence electrons. The Hall–Kier alpha value is -2.55. The molecule has 1 amide bonds. The molecule has 0 radical (unpaired) electrons. The lowest BCUT2D eigenvalue weighted by Crippen LogP contribution is -2.15. The molecule has 1 heterocycles. The van der Waals surface area contributed by atoms with Crippen LogP contribution in [0.25, 0.3) is 0 Å². The van der Waals surface area contributed by atoms with E-state index in [-0.39, 0.29) is 4.90 Å². The molecule has 3 N–H and O–H groups in total. The molecule has 0 aliphatic carbocycles. The number of hydrogen-bond donors (Lipinski definition) is 2. The number of benzene rings is 2. The van der Waals surface area contributed by atoms with Gasteiger partial charge in [0.25, 0.3) is 5.91 Å². The molecule has 0 unspecified atom stereocenters. The van der Waals surface area contributed by atoms with Crippen molar-refractivity contribution in [1.29, 1.82) is 0 Å². The molecule has 8 heteroatoms. The maximum absolute atomic E-state index is 12.3. The van der Waals surface area contributed by atoms with Gasteiger partial charge >= 0.3 is 0 Å². The van der Waals surface area contributed by atoms with Gasteiger partial charge in [0.15, 0.2) is 0 Å². The first-order chi connectivity index (χ1) is 12.4. The van der Waals surface area contributed by atoms with Crippen molar-refractivity contribution in [3.05, 3.63) is 76.2 Å². The van der Waals surface area contributed by atoms with Crippen molar-refractivity contribution >= 4 is 33.0 Å². The van der Waals surface area contributed by atoms with Crippen molar-refractivity contribution in [2.75, 3.05) is 5.32 Å². The van der Waals surface area contributed by atoms with E-state index in [9.17, 15) is 13.2 Å². The van der Waals surface area contributed by atoms with E-state index in [2.05, 4.69) is 22.4 Å². The van der Waals surface area contributed by atoms with Crippen molar-refractivity contribution < 1.29 is 13.2 Å². The van der Waals surface area contributed by atoms with Gasteiger partial charge in [0.1, 0.15) is 5.69 Å². The van der Waals surface area contributed by atoms with Crippen LogP contribution in [0.1, 0.15) is 21.1 Å². The molecule has 0 aliphatic heterocycles. The topological polar surface area (TPSA) is 102 Å². The van der Waals surface area contributed by atoms with Crippen molar-refractivity contribution in [2.45, 2.75) is 17.7 Å². The standard InChI is InChI=1S/C18H17N3O3S2/c19-26(23,24)15-8-4-7-14(11-15)20-18(22)16-12-25-17(21-16)10-9-13-5-2-1-3-6-13/h1-8,11-12H,9-10H2,(H,20,22)(H2,19,23,24). The number of nitrogens with two attached hydrogens (primary N) is 1. The number of carbonyl (C=O) groups is 1. The van der Waals surface area contributed by atoms with E-state index in [1.54, 1.807) is 11.4 Å². The minimum Gasteiger partial charge on any atom is -0.321 e. The fourth-order valence-electron chi connectivity index (χ4n) is 2.37. The molecule has 1 aromatic heterocycles. The smallest absolute Gasteiger partial charge is 0.275 e. The van der Waals surface area contributed by atoms with Crippen LogP contribution in [0.2, 0.25) is 0 Å². The van der Waals surface area contributed by atoms with E-state index >= 15 is 0 Å². The summed E-state index contributed by atoms with van der Waals surface area (Å²) in [7, 11) is -3.82. The first-order valence-electron chi connectivity index (χ1n) is 7.84. The van der Waals surface area contributed by atoms with Crippen LogP contribution >= 0.6 is 11.3 Å². The van der Waals surface area contributed by atoms with Crippen molar-refractivity contribution in [2.24, 2.45) is 5.14 Å². The van der Waals surface area contributed by atoms with Crippen molar-refractivity contribution in [3.8, 4) is 0 Å². The predicted molar refractivity (Wildman–Crippen MR) is 102 cm³/mol. The van der Waals surface area contributed by atoms with Gasteiger partial charge in [-0.3, -0.25) is 4.79 Å². The summed E-state index contributed by atoms with van der Waals surface area (Å²) in [6.07, 6.45) is 1.61. The number of primary sulfonamides is 1. The largest absolute Gasteiger partial charge is 0.321 e. The van der Waals surface area contributed by atoms with Crippen LogP contribution in [-0.2, 0) is 22.9 Å². The quantitative estimate of drug-likeness (QED) is 0.679. The third kappa shape index (κ3) is 4.75. The zero-order valence-electron chi connectivity index (χ0n) is 13.8. The summed E-state index contributed by atoms with van der Waals surface area (Å²) in [4.78, 5) is 16.6. The Balaban J connectivity index is 1.65. The summed E-state index contributed by atoms with van der Waals surface area (Å²) in [5.74, 6) is -0.390. The summed E-state index contributed by atoms with van der Waals surface area (Å²) in [6, 6.07) is 15.9. The Bertz CT molecular complexity index is 1010. The SMILES string of the molecule is NS(=O)(=O)c1cccc(NC(=O)c2csc(CCc3ccccc3)n2)c1.